The van der Waals surface area contributed by atoms with E-state index in [9.17, 15) is 5.11 Å². The predicted molar refractivity (Wildman–Crippen MR) is 57.7 cm³/mol. The molecule has 0 amide bonds. The molecule has 0 atom stereocenters. The highest BCUT2D eigenvalue weighted by atomic mass is 16.4. The molecule has 1 rings (SSSR count). The van der Waals surface area contributed by atoms with E-state index in [0.717, 1.165) is 0 Å². The van der Waals surface area contributed by atoms with Crippen LogP contribution in [0, 0.1) is 0 Å². The summed E-state index contributed by atoms with van der Waals surface area (Å²) in [6.45, 7) is 0.222. The van der Waals surface area contributed by atoms with Crippen molar-refractivity contribution in [2.45, 2.75) is 6.54 Å². The average Bonchev–Trinajstić information content (AvgIpc) is 2.31. The number of benzene rings is 1. The summed E-state index contributed by atoms with van der Waals surface area (Å²) in [5.41, 5.74) is 2.74. The molecule has 100 valence electrons. The lowest BCUT2D eigenvalue weighted by Gasteiger charge is -2.05. The van der Waals surface area contributed by atoms with Crippen molar-refractivity contribution < 1.29 is 35.1 Å². The number of aromatic hydroxyl groups is 3. The molecule has 0 heterocycles. The average molecular weight is 262 g/mol. The normalized spacial score (nSPS) is 9.17. The van der Waals surface area contributed by atoms with Crippen LogP contribution in [0.3, 0.4) is 0 Å². The minimum atomic E-state index is -1.82. The van der Waals surface area contributed by atoms with Gasteiger partial charge in [0.25, 0.3) is 0 Å². The highest BCUT2D eigenvalue weighted by Crippen LogP contribution is 2.36. The fourth-order valence-electron chi connectivity index (χ4n) is 0.863. The molecule has 1 aromatic rings. The second-order valence-corrected chi connectivity index (χ2v) is 2.93. The first-order valence-corrected chi connectivity index (χ1v) is 4.43. The number of hydrazine groups is 1. The van der Waals surface area contributed by atoms with Crippen LogP contribution in [0.15, 0.2) is 12.1 Å². The van der Waals surface area contributed by atoms with E-state index in [-0.39, 0.29) is 18.0 Å². The molecular formula is C9H12N2O7. The molecular weight excluding hydrogens is 250 g/mol. The van der Waals surface area contributed by atoms with Gasteiger partial charge in [-0.05, 0) is 6.07 Å². The zero-order valence-corrected chi connectivity index (χ0v) is 8.99. The monoisotopic (exact) mass is 262 g/mol. The summed E-state index contributed by atoms with van der Waals surface area (Å²) in [4.78, 5) is 18.2. The third kappa shape index (κ3) is 4.55. The lowest BCUT2D eigenvalue weighted by atomic mass is 10.2. The number of aliphatic carboxylic acids is 2. The van der Waals surface area contributed by atoms with Crippen molar-refractivity contribution in [3.8, 4) is 17.2 Å². The van der Waals surface area contributed by atoms with E-state index in [1.807, 2.05) is 0 Å². The highest BCUT2D eigenvalue weighted by Gasteiger charge is 2.09. The third-order valence-corrected chi connectivity index (χ3v) is 1.69. The summed E-state index contributed by atoms with van der Waals surface area (Å²) in [5.74, 6) is 0.132. The minimum absolute atomic E-state index is 0.222. The van der Waals surface area contributed by atoms with Gasteiger partial charge in [-0.2, -0.15) is 0 Å². The van der Waals surface area contributed by atoms with E-state index in [0.29, 0.717) is 5.56 Å². The van der Waals surface area contributed by atoms with Crippen molar-refractivity contribution >= 4 is 11.9 Å². The van der Waals surface area contributed by atoms with Crippen LogP contribution in [-0.4, -0.2) is 37.5 Å². The number of hydrogen-bond acceptors (Lipinski definition) is 7. The van der Waals surface area contributed by atoms with E-state index in [1.54, 1.807) is 0 Å². The summed E-state index contributed by atoms with van der Waals surface area (Å²) in [7, 11) is 0. The van der Waals surface area contributed by atoms with Crippen LogP contribution in [0.5, 0.6) is 17.2 Å². The number of rotatable bonds is 2. The second kappa shape index (κ2) is 6.93. The number of nitrogens with two attached hydrogens (primary N) is 1. The molecule has 0 aliphatic heterocycles. The van der Waals surface area contributed by atoms with E-state index in [2.05, 4.69) is 5.43 Å². The lowest BCUT2D eigenvalue weighted by Crippen LogP contribution is -2.20. The van der Waals surface area contributed by atoms with Gasteiger partial charge in [-0.25, -0.2) is 9.59 Å². The van der Waals surface area contributed by atoms with Crippen molar-refractivity contribution in [1.29, 1.82) is 0 Å². The molecule has 0 aliphatic carbocycles. The SMILES string of the molecule is O=C(O)C(=O)O.[15NH2][15NH]Cc1ccc(O)c(O)c1O. The van der Waals surface area contributed by atoms with Crippen molar-refractivity contribution in [2.75, 3.05) is 0 Å². The number of phenolic OH excluding ortho intramolecular Hbond substituents is 3. The zero-order chi connectivity index (χ0) is 14.3. The molecule has 1 aromatic carbocycles. The van der Waals surface area contributed by atoms with Crippen molar-refractivity contribution in [1.82, 2.24) is 5.43 Å². The van der Waals surface area contributed by atoms with Gasteiger partial charge in [0.1, 0.15) is 0 Å². The standard InChI is InChI=1S/C7H10N2O3.C2H2O4/c8-9-3-4-1-2-5(10)7(12)6(4)11;3-1(4)2(5)6/h1-2,9-12H,3,8H2;(H,3,4)(H,5,6)/i8+1,9+1;. The molecule has 0 saturated heterocycles. The number of nitrogens with one attached hydrogen (secondary N) is 1. The Morgan fingerprint density at radius 1 is 1.06 bits per heavy atom. The Balaban J connectivity index is 0.000000411. The maximum Gasteiger partial charge on any atom is 0.414 e. The van der Waals surface area contributed by atoms with Gasteiger partial charge in [0.05, 0.1) is 0 Å². The molecule has 18 heavy (non-hydrogen) atoms. The third-order valence-electron chi connectivity index (χ3n) is 1.69. The number of carboxylic acids is 2. The first kappa shape index (κ1) is 15.5. The summed E-state index contributed by atoms with van der Waals surface area (Å²) >= 11 is 0. The molecule has 0 bridgehead atoms. The molecule has 9 heteroatoms. The van der Waals surface area contributed by atoms with Gasteiger partial charge in [0.15, 0.2) is 11.5 Å². The predicted octanol–water partition coefficient (Wildman–Crippen LogP) is -1.08. The first-order valence-electron chi connectivity index (χ1n) is 4.43. The van der Waals surface area contributed by atoms with E-state index < -0.39 is 17.7 Å². The summed E-state index contributed by atoms with van der Waals surface area (Å²) in [6.07, 6.45) is 0. The van der Waals surface area contributed by atoms with E-state index in [4.69, 9.17) is 35.9 Å². The van der Waals surface area contributed by atoms with Crippen LogP contribution in [0.4, 0.5) is 0 Å². The van der Waals surface area contributed by atoms with Gasteiger partial charge >= 0.3 is 11.9 Å². The van der Waals surface area contributed by atoms with Crippen molar-refractivity contribution in [3.05, 3.63) is 17.7 Å². The quantitative estimate of drug-likeness (QED) is 0.115. The fourth-order valence-corrected chi connectivity index (χ4v) is 0.863. The molecule has 0 saturated carbocycles. The van der Waals surface area contributed by atoms with Crippen LogP contribution >= 0.6 is 0 Å². The van der Waals surface area contributed by atoms with Gasteiger partial charge in [-0.3, -0.25) is 11.3 Å². The molecule has 0 aromatic heterocycles. The van der Waals surface area contributed by atoms with Crippen LogP contribution in [-0.2, 0) is 16.1 Å². The van der Waals surface area contributed by atoms with E-state index >= 15 is 0 Å². The maximum absolute atomic E-state index is 9.20. The molecule has 0 aliphatic rings. The van der Waals surface area contributed by atoms with Crippen molar-refractivity contribution in [2.24, 2.45) is 5.84 Å². The van der Waals surface area contributed by atoms with Crippen molar-refractivity contribution in [3.63, 3.8) is 0 Å². The van der Waals surface area contributed by atoms with E-state index in [1.165, 1.54) is 12.1 Å². The Morgan fingerprint density at radius 3 is 1.94 bits per heavy atom. The van der Waals surface area contributed by atoms with Crippen LogP contribution in [0.1, 0.15) is 5.56 Å². The molecule has 0 spiro atoms. The molecule has 9 nitrogen and oxygen atoms in total. The van der Waals surface area contributed by atoms with Gasteiger partial charge in [0.2, 0.25) is 5.75 Å². The Hall–Kier alpha value is -2.52. The van der Waals surface area contributed by atoms with Gasteiger partial charge in [-0.15, -0.1) is 0 Å². The molecule has 0 fully saturated rings. The van der Waals surface area contributed by atoms with Gasteiger partial charge in [-0.1, -0.05) is 6.07 Å². The Morgan fingerprint density at radius 2 is 1.56 bits per heavy atom. The maximum atomic E-state index is 9.20. The summed E-state index contributed by atoms with van der Waals surface area (Å²) in [6, 6.07) is 2.74. The first-order chi connectivity index (χ1) is 8.31. The number of carbonyl (C=O) groups is 2. The Kier molecular flexibility index (Phi) is 5.96. The number of carboxylic acid groups (broad SMARTS) is 2. The highest BCUT2D eigenvalue weighted by molar-refractivity contribution is 6.27. The second-order valence-electron chi connectivity index (χ2n) is 2.93. The topological polar surface area (TPSA) is 173 Å². The Bertz CT molecular complexity index is 435. The molecule has 8 N–H and O–H groups in total. The lowest BCUT2D eigenvalue weighted by molar-refractivity contribution is -0.159. The number of phenols is 3. The van der Waals surface area contributed by atoms with Crippen LogP contribution < -0.4 is 11.3 Å². The summed E-state index contributed by atoms with van der Waals surface area (Å²) < 4.78 is 0. The Labute approximate surface area is 101 Å². The zero-order valence-electron chi connectivity index (χ0n) is 8.99. The smallest absolute Gasteiger partial charge is 0.414 e. The fraction of sp³-hybridized carbons (Fsp3) is 0.111. The summed E-state index contributed by atoms with van der Waals surface area (Å²) in [5, 5.41) is 42.0. The van der Waals surface area contributed by atoms with Gasteiger partial charge < -0.3 is 25.5 Å². The largest absolute Gasteiger partial charge is 0.504 e. The minimum Gasteiger partial charge on any atom is -0.504 e. The number of hydrogen-bond donors (Lipinski definition) is 7. The van der Waals surface area contributed by atoms with Gasteiger partial charge in [0, 0.05) is 12.1 Å². The van der Waals surface area contributed by atoms with Crippen LogP contribution in [0.2, 0.25) is 0 Å². The molecule has 0 unspecified atom stereocenters. The van der Waals surface area contributed by atoms with Crippen LogP contribution in [0.25, 0.3) is 0 Å². The molecule has 0 radical (unpaired) electrons.